The normalized spacial score (nSPS) is 18.1. The summed E-state index contributed by atoms with van der Waals surface area (Å²) in [6, 6.07) is 5.71. The third-order valence-electron chi connectivity index (χ3n) is 4.82. The second-order valence-corrected chi connectivity index (χ2v) is 6.91. The van der Waals surface area contributed by atoms with E-state index in [1.807, 2.05) is 4.90 Å². The molecule has 1 aromatic heterocycles. The molecule has 7 heteroatoms. The number of hydrogen-bond acceptors (Lipinski definition) is 5. The molecule has 2 aliphatic rings. The van der Waals surface area contributed by atoms with Crippen LogP contribution in [0.5, 0.6) is 5.75 Å². The van der Waals surface area contributed by atoms with Gasteiger partial charge in [0.05, 0.1) is 0 Å². The largest absolute Gasteiger partial charge is 0.484 e. The molecular weight excluding hydrogens is 337 g/mol. The van der Waals surface area contributed by atoms with Crippen LogP contribution in [0.2, 0.25) is 0 Å². The summed E-state index contributed by atoms with van der Waals surface area (Å²) in [5, 5.41) is 0. The third-order valence-corrected chi connectivity index (χ3v) is 4.82. The number of amides is 1. The van der Waals surface area contributed by atoms with Crippen LogP contribution in [-0.4, -0.2) is 53.4 Å². The van der Waals surface area contributed by atoms with Crippen molar-refractivity contribution in [2.24, 2.45) is 5.92 Å². The summed E-state index contributed by atoms with van der Waals surface area (Å²) in [5.41, 5.74) is 0.304. The number of benzene rings is 1. The average molecular weight is 359 g/mol. The van der Waals surface area contributed by atoms with Gasteiger partial charge in [0.2, 0.25) is 5.89 Å². The lowest BCUT2D eigenvalue weighted by molar-refractivity contribution is 0.0626. The molecule has 0 atom stereocenters. The van der Waals surface area contributed by atoms with Crippen molar-refractivity contribution in [3.8, 4) is 5.75 Å². The highest BCUT2D eigenvalue weighted by Gasteiger charge is 2.28. The molecule has 0 N–H and O–H groups in total. The predicted octanol–water partition coefficient (Wildman–Crippen LogP) is 2.56. The zero-order valence-corrected chi connectivity index (χ0v) is 14.6. The Hall–Kier alpha value is -2.41. The molecule has 138 valence electrons. The van der Waals surface area contributed by atoms with Crippen LogP contribution in [0.25, 0.3) is 0 Å². The summed E-state index contributed by atoms with van der Waals surface area (Å²) in [6.07, 6.45) is 4.07. The number of nitrogens with zero attached hydrogens (tertiary/aromatic N) is 3. The van der Waals surface area contributed by atoms with Gasteiger partial charge in [0.1, 0.15) is 17.8 Å². The van der Waals surface area contributed by atoms with Crippen molar-refractivity contribution in [3.05, 3.63) is 47.9 Å². The Morgan fingerprint density at radius 3 is 2.62 bits per heavy atom. The van der Waals surface area contributed by atoms with E-state index in [4.69, 9.17) is 9.15 Å². The van der Waals surface area contributed by atoms with E-state index in [0.29, 0.717) is 17.3 Å². The van der Waals surface area contributed by atoms with Gasteiger partial charge in [0.25, 0.3) is 5.91 Å². The van der Waals surface area contributed by atoms with E-state index in [9.17, 15) is 9.18 Å². The summed E-state index contributed by atoms with van der Waals surface area (Å²) in [6.45, 7) is 4.53. The summed E-state index contributed by atoms with van der Waals surface area (Å²) in [7, 11) is 0. The van der Waals surface area contributed by atoms with Crippen LogP contribution in [0.4, 0.5) is 4.39 Å². The van der Waals surface area contributed by atoms with Gasteiger partial charge in [-0.05, 0) is 43.0 Å². The fourth-order valence-electron chi connectivity index (χ4n) is 3.11. The summed E-state index contributed by atoms with van der Waals surface area (Å²) >= 11 is 0. The van der Waals surface area contributed by atoms with Crippen molar-refractivity contribution < 1.29 is 18.3 Å². The van der Waals surface area contributed by atoms with Crippen molar-refractivity contribution in [2.45, 2.75) is 19.4 Å². The summed E-state index contributed by atoms with van der Waals surface area (Å²) in [4.78, 5) is 21.1. The minimum Gasteiger partial charge on any atom is -0.484 e. The number of carbonyl (C=O) groups excluding carboxylic acids is 1. The van der Waals surface area contributed by atoms with Gasteiger partial charge < -0.3 is 14.1 Å². The molecule has 1 saturated heterocycles. The highest BCUT2D eigenvalue weighted by Crippen LogP contribution is 2.30. The Bertz CT molecular complexity index is 750. The molecule has 0 unspecified atom stereocenters. The van der Waals surface area contributed by atoms with Crippen molar-refractivity contribution in [3.63, 3.8) is 0 Å². The Balaban J connectivity index is 1.28. The Kier molecular flexibility index (Phi) is 4.88. The van der Waals surface area contributed by atoms with E-state index >= 15 is 0 Å². The molecule has 2 aromatic rings. The molecule has 1 aliphatic heterocycles. The molecule has 0 bridgehead atoms. The van der Waals surface area contributed by atoms with Crippen molar-refractivity contribution in [2.75, 3.05) is 32.7 Å². The lowest BCUT2D eigenvalue weighted by Crippen LogP contribution is -2.49. The first-order valence-electron chi connectivity index (χ1n) is 9.02. The fraction of sp³-hybridized carbons (Fsp3) is 0.474. The molecule has 2 heterocycles. The molecule has 0 radical (unpaired) electrons. The van der Waals surface area contributed by atoms with Crippen LogP contribution in [0.15, 0.2) is 34.9 Å². The molecule has 0 spiro atoms. The second kappa shape index (κ2) is 7.45. The maximum atomic E-state index is 12.9. The lowest BCUT2D eigenvalue weighted by Gasteiger charge is -2.34. The molecule has 6 nitrogen and oxygen atoms in total. The van der Waals surface area contributed by atoms with Crippen LogP contribution in [-0.2, 0) is 6.61 Å². The minimum atomic E-state index is -0.321. The topological polar surface area (TPSA) is 58.8 Å². The summed E-state index contributed by atoms with van der Waals surface area (Å²) < 4.78 is 23.7. The van der Waals surface area contributed by atoms with Gasteiger partial charge in [-0.1, -0.05) is 0 Å². The van der Waals surface area contributed by atoms with Gasteiger partial charge in [-0.2, -0.15) is 0 Å². The van der Waals surface area contributed by atoms with E-state index in [0.717, 1.165) is 38.6 Å². The van der Waals surface area contributed by atoms with Gasteiger partial charge in [-0.3, -0.25) is 9.69 Å². The Morgan fingerprint density at radius 2 is 1.92 bits per heavy atom. The molecule has 2 fully saturated rings. The number of hydrogen-bond donors (Lipinski definition) is 0. The van der Waals surface area contributed by atoms with Gasteiger partial charge in [-0.15, -0.1) is 0 Å². The first-order chi connectivity index (χ1) is 12.7. The molecule has 1 amide bonds. The second-order valence-electron chi connectivity index (χ2n) is 6.91. The molecule has 4 rings (SSSR count). The minimum absolute atomic E-state index is 0.0913. The summed E-state index contributed by atoms with van der Waals surface area (Å²) in [5.74, 6) is 1.29. The third kappa shape index (κ3) is 4.22. The van der Waals surface area contributed by atoms with Crippen LogP contribution in [0.1, 0.15) is 29.2 Å². The van der Waals surface area contributed by atoms with Gasteiger partial charge >= 0.3 is 0 Å². The number of piperazine rings is 1. The lowest BCUT2D eigenvalue weighted by atomic mass is 10.2. The predicted molar refractivity (Wildman–Crippen MR) is 92.3 cm³/mol. The zero-order valence-electron chi connectivity index (χ0n) is 14.6. The maximum absolute atomic E-state index is 12.9. The number of ether oxygens (including phenoxy) is 1. The van der Waals surface area contributed by atoms with E-state index < -0.39 is 0 Å². The quantitative estimate of drug-likeness (QED) is 0.793. The van der Waals surface area contributed by atoms with E-state index in [-0.39, 0.29) is 18.3 Å². The van der Waals surface area contributed by atoms with E-state index in [2.05, 4.69) is 9.88 Å². The van der Waals surface area contributed by atoms with E-state index in [1.165, 1.54) is 43.4 Å². The highest BCUT2D eigenvalue weighted by molar-refractivity contribution is 5.92. The molecular formula is C19H22FN3O3. The first-order valence-corrected chi connectivity index (χ1v) is 9.02. The first kappa shape index (κ1) is 17.0. The SMILES string of the molecule is O=C(c1coc(COc2ccc(F)cc2)n1)N1CCN(CC2CC2)CC1. The Morgan fingerprint density at radius 1 is 1.19 bits per heavy atom. The fourth-order valence-corrected chi connectivity index (χ4v) is 3.11. The van der Waals surface area contributed by atoms with Gasteiger partial charge in [0, 0.05) is 32.7 Å². The molecule has 26 heavy (non-hydrogen) atoms. The molecule has 1 aliphatic carbocycles. The average Bonchev–Trinajstić information content (AvgIpc) is 3.35. The number of rotatable bonds is 6. The van der Waals surface area contributed by atoms with Crippen molar-refractivity contribution in [1.82, 2.24) is 14.8 Å². The Labute approximate surface area is 151 Å². The molecule has 1 aromatic carbocycles. The monoisotopic (exact) mass is 359 g/mol. The van der Waals surface area contributed by atoms with Crippen LogP contribution in [0.3, 0.4) is 0 Å². The van der Waals surface area contributed by atoms with Gasteiger partial charge in [-0.25, -0.2) is 9.37 Å². The molecule has 1 saturated carbocycles. The standard InChI is InChI=1S/C19H22FN3O3/c20-15-3-5-16(6-4-15)25-13-18-21-17(12-26-18)19(24)23-9-7-22(8-10-23)11-14-1-2-14/h3-6,12,14H,1-2,7-11,13H2. The smallest absolute Gasteiger partial charge is 0.275 e. The number of aromatic nitrogens is 1. The highest BCUT2D eigenvalue weighted by atomic mass is 19.1. The van der Waals surface area contributed by atoms with Crippen LogP contribution < -0.4 is 4.74 Å². The van der Waals surface area contributed by atoms with E-state index in [1.54, 1.807) is 0 Å². The zero-order chi connectivity index (χ0) is 17.9. The van der Waals surface area contributed by atoms with Crippen LogP contribution in [0, 0.1) is 11.7 Å². The van der Waals surface area contributed by atoms with Crippen molar-refractivity contribution in [1.29, 1.82) is 0 Å². The number of oxazole rings is 1. The van der Waals surface area contributed by atoms with Crippen LogP contribution >= 0.6 is 0 Å². The maximum Gasteiger partial charge on any atom is 0.275 e. The van der Waals surface area contributed by atoms with Crippen molar-refractivity contribution >= 4 is 5.91 Å². The number of carbonyl (C=O) groups is 1. The van der Waals surface area contributed by atoms with Gasteiger partial charge in [0.15, 0.2) is 12.3 Å². The number of halogens is 1.